The third-order valence-electron chi connectivity index (χ3n) is 5.69. The number of hydrogen-bond acceptors (Lipinski definition) is 9. The van der Waals surface area contributed by atoms with E-state index in [1.807, 2.05) is 20.8 Å². The van der Waals surface area contributed by atoms with Gasteiger partial charge in [-0.25, -0.2) is 9.78 Å². The van der Waals surface area contributed by atoms with Crippen LogP contribution < -0.4 is 15.0 Å². The highest BCUT2D eigenvalue weighted by Crippen LogP contribution is 2.40. The van der Waals surface area contributed by atoms with Gasteiger partial charge in [-0.15, -0.1) is 0 Å². The summed E-state index contributed by atoms with van der Waals surface area (Å²) in [6, 6.07) is 3.27. The molecule has 2 amide bonds. The van der Waals surface area contributed by atoms with Gasteiger partial charge in [0.2, 0.25) is 6.41 Å². The molecular weight excluding hydrogens is 408 g/mol. The van der Waals surface area contributed by atoms with Crippen LogP contribution in [0.2, 0.25) is 0 Å². The van der Waals surface area contributed by atoms with Crippen molar-refractivity contribution in [3.63, 3.8) is 0 Å². The van der Waals surface area contributed by atoms with E-state index in [1.165, 1.54) is 4.90 Å². The summed E-state index contributed by atoms with van der Waals surface area (Å²) < 4.78 is 16.7. The van der Waals surface area contributed by atoms with Gasteiger partial charge in [0, 0.05) is 25.4 Å². The Kier molecular flexibility index (Phi) is 5.54. The normalized spacial score (nSPS) is 27.5. The number of nitrogens with zero attached hydrogens (tertiary/aromatic N) is 3. The SMILES string of the molecule is CC(C)(C)OC(O)N1CCC2(CN(c3ccc4c(n3)NC(=O)CO4)C(=O)O2)C(CO)C1. The molecule has 0 aromatic carbocycles. The molecule has 3 aliphatic rings. The van der Waals surface area contributed by atoms with Crippen LogP contribution in [-0.2, 0) is 14.3 Å². The Bertz CT molecular complexity index is 874. The highest BCUT2D eigenvalue weighted by atomic mass is 16.6. The van der Waals surface area contributed by atoms with E-state index in [1.54, 1.807) is 17.0 Å². The van der Waals surface area contributed by atoms with Gasteiger partial charge < -0.3 is 29.7 Å². The summed E-state index contributed by atoms with van der Waals surface area (Å²) >= 11 is 0. The molecule has 1 aromatic heterocycles. The fraction of sp³-hybridized carbons (Fsp3) is 0.650. The largest absolute Gasteiger partial charge is 0.480 e. The number of hydrogen-bond donors (Lipinski definition) is 3. The first-order valence-electron chi connectivity index (χ1n) is 10.3. The van der Waals surface area contributed by atoms with Crippen molar-refractivity contribution in [3.05, 3.63) is 12.1 Å². The molecule has 31 heavy (non-hydrogen) atoms. The molecule has 4 rings (SSSR count). The molecule has 0 radical (unpaired) electrons. The van der Waals surface area contributed by atoms with E-state index in [-0.39, 0.29) is 31.5 Å². The summed E-state index contributed by atoms with van der Waals surface area (Å²) in [7, 11) is 0. The van der Waals surface area contributed by atoms with Crippen LogP contribution in [0.5, 0.6) is 5.75 Å². The predicted octanol–water partition coefficient (Wildman–Crippen LogP) is 0.513. The molecule has 0 saturated carbocycles. The highest BCUT2D eigenvalue weighted by molar-refractivity contribution is 5.95. The zero-order chi connectivity index (χ0) is 22.4. The summed E-state index contributed by atoms with van der Waals surface area (Å²) in [4.78, 5) is 31.7. The zero-order valence-corrected chi connectivity index (χ0v) is 17.8. The standard InChI is InChI=1S/C20H28N4O7/c1-19(2,3)30-17(27)23-7-6-20(12(8-23)9-25)11-24(18(28)31-20)14-5-4-13-16(21-14)22-15(26)10-29-13/h4-5,12,17,25,27H,6-11H2,1-3H3,(H,21,22,26). The summed E-state index contributed by atoms with van der Waals surface area (Å²) in [6.07, 6.45) is -1.28. The number of aromatic nitrogens is 1. The topological polar surface area (TPSA) is 134 Å². The Labute approximate surface area is 179 Å². The molecular formula is C20H28N4O7. The second kappa shape index (κ2) is 7.90. The van der Waals surface area contributed by atoms with E-state index in [2.05, 4.69) is 10.3 Å². The van der Waals surface area contributed by atoms with Gasteiger partial charge in [0.25, 0.3) is 5.91 Å². The molecule has 0 aliphatic carbocycles. The van der Waals surface area contributed by atoms with Crippen molar-refractivity contribution in [2.45, 2.75) is 44.8 Å². The van der Waals surface area contributed by atoms with E-state index in [0.717, 1.165) is 0 Å². The van der Waals surface area contributed by atoms with Crippen LogP contribution in [0.15, 0.2) is 12.1 Å². The molecule has 1 aromatic rings. The number of pyridine rings is 1. The molecule has 0 bridgehead atoms. The minimum atomic E-state index is -1.12. The number of aliphatic hydroxyl groups excluding tert-OH is 2. The first-order valence-corrected chi connectivity index (χ1v) is 10.3. The van der Waals surface area contributed by atoms with Gasteiger partial charge in [0.05, 0.1) is 18.8 Å². The molecule has 11 heteroatoms. The van der Waals surface area contributed by atoms with Crippen LogP contribution in [0, 0.1) is 5.92 Å². The van der Waals surface area contributed by atoms with Crippen molar-refractivity contribution in [1.82, 2.24) is 9.88 Å². The van der Waals surface area contributed by atoms with Crippen molar-refractivity contribution in [2.75, 3.05) is 43.1 Å². The highest BCUT2D eigenvalue weighted by Gasteiger charge is 2.54. The Morgan fingerprint density at radius 1 is 1.39 bits per heavy atom. The van der Waals surface area contributed by atoms with E-state index >= 15 is 0 Å². The zero-order valence-electron chi connectivity index (χ0n) is 17.8. The number of likely N-dealkylation sites (tertiary alicyclic amines) is 1. The number of ether oxygens (including phenoxy) is 3. The van der Waals surface area contributed by atoms with Crippen molar-refractivity contribution in [1.29, 1.82) is 0 Å². The van der Waals surface area contributed by atoms with Crippen molar-refractivity contribution in [2.24, 2.45) is 5.92 Å². The molecule has 170 valence electrons. The predicted molar refractivity (Wildman–Crippen MR) is 109 cm³/mol. The van der Waals surface area contributed by atoms with Crippen molar-refractivity contribution >= 4 is 23.6 Å². The minimum absolute atomic E-state index is 0.0810. The van der Waals surface area contributed by atoms with Gasteiger partial charge in [-0.3, -0.25) is 14.6 Å². The lowest BCUT2D eigenvalue weighted by Crippen LogP contribution is -2.58. The molecule has 2 fully saturated rings. The second-order valence-corrected chi connectivity index (χ2v) is 9.05. The maximum Gasteiger partial charge on any atom is 0.416 e. The molecule has 2 saturated heterocycles. The lowest BCUT2D eigenvalue weighted by molar-refractivity contribution is -0.254. The number of carbonyl (C=O) groups is 2. The maximum absolute atomic E-state index is 12.7. The number of piperidine rings is 1. The first-order chi connectivity index (χ1) is 14.6. The lowest BCUT2D eigenvalue weighted by atomic mass is 9.81. The fourth-order valence-electron chi connectivity index (χ4n) is 4.11. The van der Waals surface area contributed by atoms with Crippen LogP contribution in [0.1, 0.15) is 27.2 Å². The number of fused-ring (bicyclic) bond motifs is 1. The van der Waals surface area contributed by atoms with Crippen LogP contribution in [0.4, 0.5) is 16.4 Å². The average molecular weight is 436 g/mol. The lowest BCUT2D eigenvalue weighted by Gasteiger charge is -2.45. The molecule has 4 heterocycles. The number of nitrogens with one attached hydrogen (secondary N) is 1. The first kappa shape index (κ1) is 21.8. The van der Waals surface area contributed by atoms with Crippen molar-refractivity contribution < 1.29 is 34.0 Å². The number of amides is 2. The van der Waals surface area contributed by atoms with E-state index < -0.39 is 29.6 Å². The number of carbonyl (C=O) groups excluding carboxylic acids is 2. The maximum atomic E-state index is 12.7. The van der Waals surface area contributed by atoms with E-state index in [0.29, 0.717) is 31.1 Å². The van der Waals surface area contributed by atoms with Gasteiger partial charge >= 0.3 is 6.09 Å². The summed E-state index contributed by atoms with van der Waals surface area (Å²) in [5, 5.41) is 23.1. The molecule has 1 spiro atoms. The molecule has 3 aliphatic heterocycles. The van der Waals surface area contributed by atoms with Gasteiger partial charge in [-0.1, -0.05) is 0 Å². The Hall–Kier alpha value is -2.47. The van der Waals surface area contributed by atoms with Gasteiger partial charge in [-0.05, 0) is 32.9 Å². The van der Waals surface area contributed by atoms with Gasteiger partial charge in [0.1, 0.15) is 11.4 Å². The second-order valence-electron chi connectivity index (χ2n) is 9.05. The Balaban J connectivity index is 1.50. The monoisotopic (exact) mass is 436 g/mol. The van der Waals surface area contributed by atoms with Crippen LogP contribution in [0.3, 0.4) is 0 Å². The van der Waals surface area contributed by atoms with Crippen molar-refractivity contribution in [3.8, 4) is 5.75 Å². The molecule has 3 N–H and O–H groups in total. The van der Waals surface area contributed by atoms with Gasteiger partial charge in [-0.2, -0.15) is 0 Å². The number of anilines is 2. The summed E-state index contributed by atoms with van der Waals surface area (Å²) in [5.41, 5.74) is -1.45. The van der Waals surface area contributed by atoms with Crippen LogP contribution in [0.25, 0.3) is 0 Å². The van der Waals surface area contributed by atoms with Gasteiger partial charge in [0.15, 0.2) is 18.2 Å². The molecule has 11 nitrogen and oxygen atoms in total. The average Bonchev–Trinajstić information content (AvgIpc) is 3.03. The number of rotatable bonds is 4. The quantitative estimate of drug-likeness (QED) is 0.577. The number of aliphatic hydroxyl groups is 2. The smallest absolute Gasteiger partial charge is 0.416 e. The summed E-state index contributed by atoms with van der Waals surface area (Å²) in [5.74, 6) is 0.260. The third kappa shape index (κ3) is 4.31. The summed E-state index contributed by atoms with van der Waals surface area (Å²) in [6.45, 7) is 6.17. The Morgan fingerprint density at radius 3 is 2.87 bits per heavy atom. The van der Waals surface area contributed by atoms with E-state index in [4.69, 9.17) is 14.2 Å². The van der Waals surface area contributed by atoms with Crippen LogP contribution in [-0.4, -0.2) is 82.6 Å². The van der Waals surface area contributed by atoms with Crippen LogP contribution >= 0.6 is 0 Å². The molecule has 3 unspecified atom stereocenters. The molecule has 3 atom stereocenters. The third-order valence-corrected chi connectivity index (χ3v) is 5.69. The minimum Gasteiger partial charge on any atom is -0.480 e. The fourth-order valence-corrected chi connectivity index (χ4v) is 4.11. The van der Waals surface area contributed by atoms with E-state index in [9.17, 15) is 19.8 Å². The Morgan fingerprint density at radius 2 is 2.16 bits per heavy atom.